The number of esters is 1. The first-order valence-corrected chi connectivity index (χ1v) is 19.6. The summed E-state index contributed by atoms with van der Waals surface area (Å²) in [5.74, 6) is -0.0290. The maximum absolute atomic E-state index is 11.9. The molecule has 0 aliphatic heterocycles. The number of unbranched alkanes of at least 4 members (excludes halogenated alkanes) is 23. The van der Waals surface area contributed by atoms with Crippen molar-refractivity contribution >= 4 is 5.97 Å². The van der Waals surface area contributed by atoms with Gasteiger partial charge in [0, 0.05) is 6.42 Å². The van der Waals surface area contributed by atoms with E-state index in [-0.39, 0.29) is 5.97 Å². The van der Waals surface area contributed by atoms with Gasteiger partial charge >= 0.3 is 5.97 Å². The van der Waals surface area contributed by atoms with Gasteiger partial charge in [-0.3, -0.25) is 4.79 Å². The van der Waals surface area contributed by atoms with E-state index in [1.807, 2.05) is 0 Å². The molecule has 0 heterocycles. The predicted octanol–water partition coefficient (Wildman–Crippen LogP) is 14.5. The highest BCUT2D eigenvalue weighted by atomic mass is 16.5. The highest BCUT2D eigenvalue weighted by Crippen LogP contribution is 2.15. The fourth-order valence-electron chi connectivity index (χ4n) is 5.54. The Balaban J connectivity index is 3.30. The number of ether oxygens (including phenoxy) is 1. The minimum atomic E-state index is -0.0290. The van der Waals surface area contributed by atoms with Gasteiger partial charge in [-0.1, -0.05) is 197 Å². The molecule has 0 bridgehead atoms. The lowest BCUT2D eigenvalue weighted by molar-refractivity contribution is -0.143. The van der Waals surface area contributed by atoms with Crippen molar-refractivity contribution in [3.63, 3.8) is 0 Å². The van der Waals surface area contributed by atoms with E-state index in [0.29, 0.717) is 13.0 Å². The Bertz CT molecular complexity index is 671. The van der Waals surface area contributed by atoms with Gasteiger partial charge in [0.25, 0.3) is 0 Å². The summed E-state index contributed by atoms with van der Waals surface area (Å²) >= 11 is 0. The normalized spacial score (nSPS) is 12.1. The van der Waals surface area contributed by atoms with Crippen LogP contribution in [0.15, 0.2) is 48.6 Å². The molecule has 0 atom stereocenters. The molecule has 44 heavy (non-hydrogen) atoms. The molecule has 0 fully saturated rings. The molecule has 0 aliphatic rings. The van der Waals surface area contributed by atoms with Crippen LogP contribution in [0.4, 0.5) is 0 Å². The van der Waals surface area contributed by atoms with Crippen molar-refractivity contribution in [2.24, 2.45) is 0 Å². The number of allylic oxidation sites excluding steroid dienone is 8. The maximum Gasteiger partial charge on any atom is 0.305 e. The van der Waals surface area contributed by atoms with Gasteiger partial charge < -0.3 is 4.74 Å². The Morgan fingerprint density at radius 3 is 1.11 bits per heavy atom. The van der Waals surface area contributed by atoms with Crippen LogP contribution in [0.25, 0.3) is 0 Å². The largest absolute Gasteiger partial charge is 0.466 e. The van der Waals surface area contributed by atoms with Crippen LogP contribution in [0.2, 0.25) is 0 Å². The molecule has 0 aromatic heterocycles. The van der Waals surface area contributed by atoms with Crippen molar-refractivity contribution in [1.29, 1.82) is 0 Å². The topological polar surface area (TPSA) is 26.3 Å². The zero-order valence-electron chi connectivity index (χ0n) is 29.9. The van der Waals surface area contributed by atoms with E-state index in [2.05, 4.69) is 62.5 Å². The summed E-state index contributed by atoms with van der Waals surface area (Å²) in [7, 11) is 0. The van der Waals surface area contributed by atoms with Crippen molar-refractivity contribution in [3.05, 3.63) is 48.6 Å². The Morgan fingerprint density at radius 2 is 0.705 bits per heavy atom. The van der Waals surface area contributed by atoms with Gasteiger partial charge in [0.2, 0.25) is 0 Å². The lowest BCUT2D eigenvalue weighted by Gasteiger charge is -2.05. The lowest BCUT2D eigenvalue weighted by atomic mass is 10.0. The molecule has 0 saturated heterocycles. The summed E-state index contributed by atoms with van der Waals surface area (Å²) in [4.78, 5) is 11.9. The number of hydrogen-bond donors (Lipinski definition) is 0. The second kappa shape index (κ2) is 39.5. The molecule has 2 nitrogen and oxygen atoms in total. The molecule has 0 unspecified atom stereocenters. The minimum absolute atomic E-state index is 0.0290. The quantitative estimate of drug-likeness (QED) is 0.0404. The third-order valence-corrected chi connectivity index (χ3v) is 8.47. The summed E-state index contributed by atoms with van der Waals surface area (Å²) in [5, 5.41) is 0. The molecule has 0 aromatic carbocycles. The van der Waals surface area contributed by atoms with Crippen molar-refractivity contribution in [1.82, 2.24) is 0 Å². The van der Waals surface area contributed by atoms with Crippen LogP contribution in [0, 0.1) is 0 Å². The summed E-state index contributed by atoms with van der Waals surface area (Å²) < 4.78 is 5.42. The monoisotopic (exact) mass is 613 g/mol. The zero-order chi connectivity index (χ0) is 31.9. The number of carbonyl (C=O) groups is 1. The molecule has 0 aromatic rings. The third-order valence-electron chi connectivity index (χ3n) is 8.47. The molecule has 2 heteroatoms. The first-order chi connectivity index (χ1) is 21.8. The summed E-state index contributed by atoms with van der Waals surface area (Å²) in [6, 6.07) is 0. The van der Waals surface area contributed by atoms with E-state index in [9.17, 15) is 4.79 Å². The van der Waals surface area contributed by atoms with Crippen LogP contribution in [-0.2, 0) is 9.53 Å². The van der Waals surface area contributed by atoms with Crippen LogP contribution in [0.1, 0.15) is 206 Å². The lowest BCUT2D eigenvalue weighted by Crippen LogP contribution is -2.05. The van der Waals surface area contributed by atoms with E-state index in [4.69, 9.17) is 4.74 Å². The fourth-order valence-corrected chi connectivity index (χ4v) is 5.54. The second-order valence-corrected chi connectivity index (χ2v) is 12.9. The van der Waals surface area contributed by atoms with E-state index in [1.165, 1.54) is 148 Å². The average molecular weight is 613 g/mol. The fraction of sp³-hybridized carbons (Fsp3) is 0.786. The SMILES string of the molecule is CCCCC/C=C\C/C=C\C/C=C\C/C=C\CCCC(=O)OCCCCCCCCCCCCCCCCCCCCCC. The van der Waals surface area contributed by atoms with Crippen LogP contribution in [0.3, 0.4) is 0 Å². The van der Waals surface area contributed by atoms with E-state index in [1.54, 1.807) is 0 Å². The molecule has 0 saturated carbocycles. The summed E-state index contributed by atoms with van der Waals surface area (Å²) in [5.41, 5.74) is 0. The minimum Gasteiger partial charge on any atom is -0.466 e. The first-order valence-electron chi connectivity index (χ1n) is 19.6. The van der Waals surface area contributed by atoms with E-state index in [0.717, 1.165) is 38.5 Å². The van der Waals surface area contributed by atoms with Crippen molar-refractivity contribution in [2.75, 3.05) is 6.61 Å². The number of carbonyl (C=O) groups excluding carboxylic acids is 1. The van der Waals surface area contributed by atoms with Gasteiger partial charge in [-0.15, -0.1) is 0 Å². The number of hydrogen-bond acceptors (Lipinski definition) is 2. The van der Waals surface area contributed by atoms with Gasteiger partial charge in [-0.05, 0) is 51.4 Å². The highest BCUT2D eigenvalue weighted by Gasteiger charge is 2.01. The Morgan fingerprint density at radius 1 is 0.386 bits per heavy atom. The second-order valence-electron chi connectivity index (χ2n) is 12.9. The smallest absolute Gasteiger partial charge is 0.305 e. The van der Waals surface area contributed by atoms with Crippen molar-refractivity contribution in [3.8, 4) is 0 Å². The Hall–Kier alpha value is -1.57. The molecule has 0 amide bonds. The van der Waals surface area contributed by atoms with Gasteiger partial charge in [-0.2, -0.15) is 0 Å². The molecule has 256 valence electrons. The maximum atomic E-state index is 11.9. The Labute approximate surface area is 276 Å². The van der Waals surface area contributed by atoms with Crippen molar-refractivity contribution in [2.45, 2.75) is 206 Å². The van der Waals surface area contributed by atoms with Gasteiger partial charge in [0.15, 0.2) is 0 Å². The van der Waals surface area contributed by atoms with Gasteiger partial charge in [-0.25, -0.2) is 0 Å². The van der Waals surface area contributed by atoms with Crippen LogP contribution in [-0.4, -0.2) is 12.6 Å². The van der Waals surface area contributed by atoms with E-state index >= 15 is 0 Å². The van der Waals surface area contributed by atoms with Crippen LogP contribution in [0.5, 0.6) is 0 Å². The van der Waals surface area contributed by atoms with Gasteiger partial charge in [0.1, 0.15) is 0 Å². The molecular weight excluding hydrogens is 536 g/mol. The van der Waals surface area contributed by atoms with Crippen molar-refractivity contribution < 1.29 is 9.53 Å². The van der Waals surface area contributed by atoms with Crippen LogP contribution >= 0.6 is 0 Å². The molecule has 0 aliphatic carbocycles. The number of rotatable bonds is 35. The Kier molecular flexibility index (Phi) is 38.0. The third kappa shape index (κ3) is 38.5. The molecular formula is C42H76O2. The van der Waals surface area contributed by atoms with Gasteiger partial charge in [0.05, 0.1) is 6.61 Å². The molecule has 0 radical (unpaired) electrons. The average Bonchev–Trinajstić information content (AvgIpc) is 3.03. The molecule has 0 rings (SSSR count). The van der Waals surface area contributed by atoms with Crippen LogP contribution < -0.4 is 0 Å². The summed E-state index contributed by atoms with van der Waals surface area (Å²) in [6.07, 6.45) is 56.2. The standard InChI is InChI=1S/C42H76O2/c1-3-5-7-9-11-13-15-17-19-21-22-23-25-27-29-31-33-35-37-39-41-44-42(43)40-38-36-34-32-30-28-26-24-20-18-16-14-12-10-8-6-4-2/h12,14,18,20,26,28,32,34H,3-11,13,15-17,19,21-25,27,29-31,33,35-41H2,1-2H3/b14-12-,20-18-,28-26-,34-32-. The highest BCUT2D eigenvalue weighted by molar-refractivity contribution is 5.69. The molecule has 0 N–H and O–H groups in total. The first kappa shape index (κ1) is 42.4. The van der Waals surface area contributed by atoms with E-state index < -0.39 is 0 Å². The molecule has 0 spiro atoms. The summed E-state index contributed by atoms with van der Waals surface area (Å²) in [6.45, 7) is 5.14. The zero-order valence-corrected chi connectivity index (χ0v) is 29.9. The predicted molar refractivity (Wildman–Crippen MR) is 197 cm³/mol.